The molecule has 3 aromatic carbocycles. The summed E-state index contributed by atoms with van der Waals surface area (Å²) in [7, 11) is -4.51. The predicted octanol–water partition coefficient (Wildman–Crippen LogP) is 8.91. The van der Waals surface area contributed by atoms with Crippen LogP contribution in [0.3, 0.4) is 0 Å². The van der Waals surface area contributed by atoms with E-state index in [0.29, 0.717) is 88.8 Å². The summed E-state index contributed by atoms with van der Waals surface area (Å²) in [6, 6.07) is 21.7. The number of nitrogens with zero attached hydrogens (tertiary/aromatic N) is 6. The van der Waals surface area contributed by atoms with E-state index in [1.807, 2.05) is 48.0 Å². The number of para-hydroxylation sites is 2. The van der Waals surface area contributed by atoms with Crippen molar-refractivity contribution in [2.75, 3.05) is 49.2 Å². The van der Waals surface area contributed by atoms with E-state index in [4.69, 9.17) is 20.3 Å². The Balaban J connectivity index is 0.703. The monoisotopic (exact) mass is 1440 g/mol. The van der Waals surface area contributed by atoms with Gasteiger partial charge in [0, 0.05) is 73.1 Å². The van der Waals surface area contributed by atoms with Crippen LogP contribution in [0.15, 0.2) is 103 Å². The standard InChI is InChI=1S/C72H87N13O15S2/c1-43(2)59(81-56(86)18-7-6-10-28-84-57(87)25-26-58(84)88)64(91)79-53(16-12-27-74-66(73)94)63(90)76-47-21-19-45(20-22-47)35-99-68(95)83(30-32-102(96,97)98)29-31-100-72-39-69(4)36-70(5,40-72)38-71(37-69,41-72)42-85-44(3)50(34-75-85)48-23-24-51(77-61(48)65(92)93)54-33-46-13-11-14-49(60(46)78-54)62(89)82-67-80-52-15-8-9-17-55(52)101-67/h8-9,11,13-15,17,19-26,33-34,43,53,57,59,78,87H,6-7,10,12,16,18,27-32,35-42H2,1-5H3,(H,76,90)(H,79,91)(H,81,86)(H,92,93)(H3,73,74,94)(H,80,82,89)(H,96,97,98)/t53-,57?,59-,69?,70?,71?,72?/m0/s1. The van der Waals surface area contributed by atoms with Gasteiger partial charge in [0.15, 0.2) is 10.8 Å². The summed E-state index contributed by atoms with van der Waals surface area (Å²) in [4.78, 5) is 120. The number of aliphatic hydroxyl groups is 1. The largest absolute Gasteiger partial charge is 0.476 e. The molecule has 4 fully saturated rings. The van der Waals surface area contributed by atoms with Crippen LogP contribution >= 0.6 is 11.3 Å². The third kappa shape index (κ3) is 17.6. The fourth-order valence-corrected chi connectivity index (χ4v) is 17.6. The Morgan fingerprint density at radius 3 is 2.30 bits per heavy atom. The van der Waals surface area contributed by atoms with E-state index >= 15 is 0 Å². The van der Waals surface area contributed by atoms with Crippen molar-refractivity contribution in [3.05, 3.63) is 126 Å². The normalized spacial score (nSPS) is 21.1. The summed E-state index contributed by atoms with van der Waals surface area (Å²) in [5.41, 5.74) is 9.11. The number of nitrogens with two attached hydrogens (primary N) is 1. The highest BCUT2D eigenvalue weighted by Crippen LogP contribution is 2.72. The van der Waals surface area contributed by atoms with E-state index in [-0.39, 0.29) is 91.1 Å². The van der Waals surface area contributed by atoms with Gasteiger partial charge in [0.05, 0.1) is 56.8 Å². The van der Waals surface area contributed by atoms with Gasteiger partial charge in [-0.25, -0.2) is 24.4 Å². The molecule has 0 saturated heterocycles. The van der Waals surface area contributed by atoms with E-state index in [0.717, 1.165) is 53.4 Å². The van der Waals surface area contributed by atoms with Gasteiger partial charge in [-0.15, -0.1) is 0 Å². The number of carboxylic acids is 1. The molecule has 28 nitrogen and oxygen atoms in total. The van der Waals surface area contributed by atoms with Gasteiger partial charge in [0.25, 0.3) is 16.0 Å². The lowest BCUT2D eigenvalue weighted by Gasteiger charge is -2.69. The zero-order chi connectivity index (χ0) is 72.9. The van der Waals surface area contributed by atoms with Gasteiger partial charge in [-0.2, -0.15) is 13.5 Å². The predicted molar refractivity (Wildman–Crippen MR) is 381 cm³/mol. The lowest BCUT2D eigenvalue weighted by Crippen LogP contribution is -2.64. The number of anilines is 2. The second-order valence-corrected chi connectivity index (χ2v) is 31.3. The van der Waals surface area contributed by atoms with Crippen molar-refractivity contribution in [2.24, 2.45) is 27.9 Å². The van der Waals surface area contributed by atoms with Crippen LogP contribution in [0.5, 0.6) is 0 Å². The van der Waals surface area contributed by atoms with Crippen molar-refractivity contribution in [3.8, 4) is 22.5 Å². The third-order valence-corrected chi connectivity index (χ3v) is 21.4. The first-order valence-corrected chi connectivity index (χ1v) is 36.7. The molecule has 0 radical (unpaired) electrons. The number of aromatic carboxylic acids is 1. The summed E-state index contributed by atoms with van der Waals surface area (Å²) in [5.74, 6) is -4.58. The number of carbonyl (C=O) groups excluding carboxylic acids is 7. The number of nitrogens with one attached hydrogen (secondary N) is 6. The number of carbonyl (C=O) groups is 8. The van der Waals surface area contributed by atoms with Gasteiger partial charge < -0.3 is 61.5 Å². The first-order valence-electron chi connectivity index (χ1n) is 34.2. The number of urea groups is 1. The van der Waals surface area contributed by atoms with Gasteiger partial charge in [-0.1, -0.05) is 81.9 Å². The number of H-pyrrole nitrogens is 1. The molecule has 5 heterocycles. The average molecular weight is 1440 g/mol. The Hall–Kier alpha value is -9.62. The van der Waals surface area contributed by atoms with Crippen molar-refractivity contribution in [1.82, 2.24) is 50.5 Å². The molecule has 4 aromatic heterocycles. The Kier molecular flexibility index (Phi) is 22.0. The van der Waals surface area contributed by atoms with Crippen molar-refractivity contribution < 1.29 is 71.0 Å². The topological polar surface area (TPSA) is 402 Å². The first-order chi connectivity index (χ1) is 48.5. The van der Waals surface area contributed by atoms with Crippen LogP contribution in [0.1, 0.15) is 137 Å². The maximum absolute atomic E-state index is 13.9. The molecule has 0 spiro atoms. The Labute approximate surface area is 593 Å². The molecule has 542 valence electrons. The number of thiazole rings is 1. The van der Waals surface area contributed by atoms with E-state index in [1.165, 1.54) is 33.3 Å². The van der Waals surface area contributed by atoms with Crippen molar-refractivity contribution >= 4 is 101 Å². The van der Waals surface area contributed by atoms with Crippen LogP contribution in [-0.4, -0.2) is 168 Å². The summed E-state index contributed by atoms with van der Waals surface area (Å²) in [6.45, 7) is 10.2. The fraction of sp³-hybridized carbons (Fsp3) is 0.458. The molecule has 3 unspecified atom stereocenters. The van der Waals surface area contributed by atoms with Crippen LogP contribution in [0.2, 0.25) is 0 Å². The van der Waals surface area contributed by atoms with Gasteiger partial charge in [-0.3, -0.25) is 38.5 Å². The van der Waals surface area contributed by atoms with Crippen LogP contribution in [0.25, 0.3) is 43.6 Å². The molecule has 30 heteroatoms. The van der Waals surface area contributed by atoms with Gasteiger partial charge >= 0.3 is 18.1 Å². The Morgan fingerprint density at radius 2 is 1.61 bits per heavy atom. The van der Waals surface area contributed by atoms with Crippen molar-refractivity contribution in [3.63, 3.8) is 0 Å². The Morgan fingerprint density at radius 1 is 0.853 bits per heavy atom. The zero-order valence-corrected chi connectivity index (χ0v) is 59.2. The number of aromatic nitrogens is 5. The van der Waals surface area contributed by atoms with Crippen LogP contribution in [0, 0.1) is 29.1 Å². The molecule has 4 bridgehead atoms. The first kappa shape index (κ1) is 73.6. The van der Waals surface area contributed by atoms with Gasteiger partial charge in [0.2, 0.25) is 23.6 Å². The van der Waals surface area contributed by atoms with Crippen LogP contribution < -0.4 is 32.3 Å². The summed E-state index contributed by atoms with van der Waals surface area (Å²) in [5, 5.41) is 40.5. The van der Waals surface area contributed by atoms with E-state index < -0.39 is 76.2 Å². The van der Waals surface area contributed by atoms with Gasteiger partial charge in [0.1, 0.15) is 24.9 Å². The van der Waals surface area contributed by atoms with Crippen LogP contribution in [-0.2, 0) is 51.9 Å². The molecule has 12 rings (SSSR count). The number of rotatable bonds is 32. The third-order valence-electron chi connectivity index (χ3n) is 19.7. The maximum Gasteiger partial charge on any atom is 0.410 e. The molecule has 7 aromatic rings. The number of carboxylic acid groups (broad SMARTS) is 1. The molecular formula is C72H87N13O15S2. The number of unbranched alkanes of at least 4 members (excludes halogenated alkanes) is 2. The average Bonchev–Trinajstić information content (AvgIpc) is 0.716. The number of benzene rings is 3. The maximum atomic E-state index is 13.9. The fourth-order valence-electron chi connectivity index (χ4n) is 16.3. The number of primary amides is 1. The molecule has 5 atom stereocenters. The zero-order valence-electron chi connectivity index (χ0n) is 57.6. The Bertz CT molecular complexity index is 4440. The van der Waals surface area contributed by atoms with Crippen molar-refractivity contribution in [1.29, 1.82) is 0 Å². The lowest BCUT2D eigenvalue weighted by atomic mass is 9.39. The van der Waals surface area contributed by atoms with Crippen LogP contribution in [0.4, 0.5) is 20.4 Å². The number of aliphatic hydroxyl groups excluding tert-OH is 1. The number of fused-ring (bicyclic) bond motifs is 2. The van der Waals surface area contributed by atoms with Crippen molar-refractivity contribution in [2.45, 2.75) is 149 Å². The number of ether oxygens (including phenoxy) is 2. The minimum Gasteiger partial charge on any atom is -0.476 e. The van der Waals surface area contributed by atoms with E-state index in [1.54, 1.807) is 68.6 Å². The molecule has 102 heavy (non-hydrogen) atoms. The second-order valence-electron chi connectivity index (χ2n) is 28.7. The number of hydrogen-bond acceptors (Lipinski definition) is 17. The molecule has 4 saturated carbocycles. The summed E-state index contributed by atoms with van der Waals surface area (Å²) in [6.07, 6.45) is 9.54. The number of amides is 8. The molecule has 8 amide bonds. The minimum absolute atomic E-state index is 0.0236. The molecule has 4 aliphatic carbocycles. The quantitative estimate of drug-likeness (QED) is 0.0139. The highest BCUT2D eigenvalue weighted by molar-refractivity contribution is 7.85. The number of aromatic amines is 1. The minimum atomic E-state index is -4.51. The van der Waals surface area contributed by atoms with E-state index in [2.05, 4.69) is 55.4 Å². The molecular weight excluding hydrogens is 1350 g/mol. The second kappa shape index (κ2) is 30.5. The smallest absolute Gasteiger partial charge is 0.410 e. The molecule has 11 N–H and O–H groups in total. The highest BCUT2D eigenvalue weighted by Gasteiger charge is 2.66. The van der Waals surface area contributed by atoms with Gasteiger partial charge in [-0.05, 0) is 153 Å². The summed E-state index contributed by atoms with van der Waals surface area (Å²) >= 11 is 1.37. The SMILES string of the molecule is Cc1c(-c2ccc(-c3cc4cccc(C(=O)Nc5nc6ccccc6s5)c4[nH]3)nc2C(=O)O)cnn1CC12CC3(C)CC(C)(C1)CC(OCCN(CCS(=O)(=O)O)C(=O)OCc1ccc(NC(=O)[C@H](CCCNC(N)=O)NC(=O)[C@@H](NC(=O)CCCCCN4C(=O)C=CC4O)C(C)C)cc1)(C3)C2. The van der Waals surface area contributed by atoms with E-state index in [9.17, 15) is 61.5 Å². The number of pyridine rings is 1. The number of hydrogen-bond donors (Lipinski definition) is 10. The molecule has 1 aliphatic heterocycles. The highest BCUT2D eigenvalue weighted by atomic mass is 32.2. The lowest BCUT2D eigenvalue weighted by molar-refractivity contribution is -0.248. The summed E-state index contributed by atoms with van der Waals surface area (Å²) < 4.78 is 49.6. The molecule has 5 aliphatic rings.